The number of cyclic esters (lactones) is 1. The summed E-state index contributed by atoms with van der Waals surface area (Å²) in [6, 6.07) is 25.2. The fraction of sp³-hybridized carbons (Fsp3) is 0.303. The Labute approximate surface area is 239 Å². The second-order valence-corrected chi connectivity index (χ2v) is 10.9. The Morgan fingerprint density at radius 1 is 0.902 bits per heavy atom. The number of ether oxygens (including phenoxy) is 3. The highest BCUT2D eigenvalue weighted by atomic mass is 16.6. The Kier molecular flexibility index (Phi) is 9.45. The smallest absolute Gasteiger partial charge is 0.408 e. The Bertz CT molecular complexity index is 1380. The number of benzene rings is 3. The monoisotopic (exact) mass is 557 g/mol. The van der Waals surface area contributed by atoms with Gasteiger partial charge in [0.25, 0.3) is 0 Å². The Balaban J connectivity index is 1.48. The molecule has 0 radical (unpaired) electrons. The summed E-state index contributed by atoms with van der Waals surface area (Å²) in [6.45, 7) is 5.52. The van der Waals surface area contributed by atoms with Crippen LogP contribution in [0.1, 0.15) is 43.9 Å². The van der Waals surface area contributed by atoms with Crippen LogP contribution < -0.4 is 10.1 Å². The maximum absolute atomic E-state index is 13.6. The summed E-state index contributed by atoms with van der Waals surface area (Å²) in [7, 11) is 0. The zero-order valence-electron chi connectivity index (χ0n) is 23.5. The molecule has 41 heavy (non-hydrogen) atoms. The van der Waals surface area contributed by atoms with Gasteiger partial charge in [0.15, 0.2) is 17.6 Å². The number of carbonyl (C=O) groups is 3. The Morgan fingerprint density at radius 3 is 2.12 bits per heavy atom. The molecule has 0 saturated carbocycles. The second kappa shape index (κ2) is 13.2. The van der Waals surface area contributed by atoms with E-state index in [1.807, 2.05) is 60.7 Å². The number of amides is 1. The Morgan fingerprint density at radius 2 is 1.51 bits per heavy atom. The number of carbonyl (C=O) groups excluding carboxylic acids is 3. The van der Waals surface area contributed by atoms with E-state index in [0.29, 0.717) is 30.8 Å². The third-order valence-electron chi connectivity index (χ3n) is 6.42. The fourth-order valence-corrected chi connectivity index (χ4v) is 4.41. The van der Waals surface area contributed by atoms with Crippen LogP contribution in [0.3, 0.4) is 0 Å². The van der Waals surface area contributed by atoms with Crippen molar-refractivity contribution in [3.05, 3.63) is 113 Å². The van der Waals surface area contributed by atoms with Gasteiger partial charge in [-0.15, -0.1) is 0 Å². The highest BCUT2D eigenvalue weighted by Crippen LogP contribution is 2.27. The van der Waals surface area contributed by atoms with Crippen molar-refractivity contribution in [2.24, 2.45) is 0 Å². The van der Waals surface area contributed by atoms with Crippen LogP contribution in [-0.2, 0) is 38.5 Å². The quantitative estimate of drug-likeness (QED) is 0.232. The molecule has 4 rings (SSSR count). The van der Waals surface area contributed by atoms with Gasteiger partial charge in [-0.2, -0.15) is 0 Å². The van der Waals surface area contributed by atoms with Crippen LogP contribution >= 0.6 is 0 Å². The standard InChI is InChI=1S/C33H35NO7/c1-33(2,3)41-32(38)34-26(20-23-14-17-25(18-15-23)39-21-24-12-8-5-9-13-24)29(35)28-30(36)27(40-31(28)37)19-16-22-10-6-4-7-11-22/h4-15,17-18,26-27,36H,16,19-21H2,1-3H3,(H,34,38)/t26-,27+/m0/s1. The molecule has 2 N–H and O–H groups in total. The lowest BCUT2D eigenvalue weighted by atomic mass is 9.96. The van der Waals surface area contributed by atoms with E-state index < -0.39 is 46.9 Å². The highest BCUT2D eigenvalue weighted by Gasteiger charge is 2.41. The number of ketones is 1. The van der Waals surface area contributed by atoms with E-state index in [9.17, 15) is 19.5 Å². The van der Waals surface area contributed by atoms with E-state index in [2.05, 4.69) is 5.32 Å². The van der Waals surface area contributed by atoms with Crippen molar-refractivity contribution in [2.75, 3.05) is 0 Å². The summed E-state index contributed by atoms with van der Waals surface area (Å²) < 4.78 is 16.5. The third kappa shape index (κ3) is 8.45. The molecule has 3 aromatic carbocycles. The lowest BCUT2D eigenvalue weighted by molar-refractivity contribution is -0.141. The van der Waals surface area contributed by atoms with Crippen molar-refractivity contribution in [1.29, 1.82) is 0 Å². The molecule has 0 fully saturated rings. The molecule has 3 aromatic rings. The van der Waals surface area contributed by atoms with E-state index >= 15 is 0 Å². The van der Waals surface area contributed by atoms with Gasteiger partial charge < -0.3 is 24.6 Å². The van der Waals surface area contributed by atoms with Crippen LogP contribution in [0, 0.1) is 0 Å². The zero-order valence-corrected chi connectivity index (χ0v) is 23.5. The van der Waals surface area contributed by atoms with Crippen LogP contribution in [0.5, 0.6) is 5.75 Å². The summed E-state index contributed by atoms with van der Waals surface area (Å²) in [6.07, 6.45) is -0.846. The maximum Gasteiger partial charge on any atom is 0.408 e. The molecule has 0 unspecified atom stereocenters. The number of hydrogen-bond donors (Lipinski definition) is 2. The number of Topliss-reactive ketones (excluding diaryl/α,β-unsaturated/α-hetero) is 1. The van der Waals surface area contributed by atoms with Crippen molar-refractivity contribution in [2.45, 2.75) is 64.4 Å². The molecule has 2 atom stereocenters. The summed E-state index contributed by atoms with van der Waals surface area (Å²) in [5.74, 6) is -1.44. The average Bonchev–Trinajstić information content (AvgIpc) is 3.23. The number of hydrogen-bond acceptors (Lipinski definition) is 7. The molecule has 0 saturated heterocycles. The van der Waals surface area contributed by atoms with Crippen molar-refractivity contribution in [3.8, 4) is 5.75 Å². The first-order chi connectivity index (χ1) is 19.6. The Hall–Kier alpha value is -4.59. The van der Waals surface area contributed by atoms with Crippen molar-refractivity contribution >= 4 is 17.8 Å². The normalized spacial score (nSPS) is 15.7. The van der Waals surface area contributed by atoms with E-state index in [4.69, 9.17) is 14.2 Å². The minimum atomic E-state index is -1.18. The van der Waals surface area contributed by atoms with Crippen LogP contribution in [0.15, 0.2) is 96.3 Å². The summed E-state index contributed by atoms with van der Waals surface area (Å²) in [5.41, 5.74) is 1.50. The number of aliphatic hydroxyl groups excluding tert-OH is 1. The molecule has 214 valence electrons. The molecule has 8 nitrogen and oxygen atoms in total. The minimum Gasteiger partial charge on any atom is -0.507 e. The van der Waals surface area contributed by atoms with Crippen molar-refractivity contribution in [1.82, 2.24) is 5.32 Å². The number of alkyl carbamates (subject to hydrolysis) is 1. The third-order valence-corrected chi connectivity index (χ3v) is 6.42. The average molecular weight is 558 g/mol. The predicted molar refractivity (Wildman–Crippen MR) is 153 cm³/mol. The molecule has 0 spiro atoms. The van der Waals surface area contributed by atoms with Gasteiger partial charge >= 0.3 is 12.1 Å². The molecule has 1 heterocycles. The molecular weight excluding hydrogens is 522 g/mol. The predicted octanol–water partition coefficient (Wildman–Crippen LogP) is 5.64. The number of aryl methyl sites for hydroxylation is 1. The first kappa shape index (κ1) is 29.4. The zero-order chi connectivity index (χ0) is 29.4. The van der Waals surface area contributed by atoms with Gasteiger partial charge in [0, 0.05) is 6.42 Å². The van der Waals surface area contributed by atoms with E-state index in [0.717, 1.165) is 11.1 Å². The van der Waals surface area contributed by atoms with Gasteiger partial charge in [-0.3, -0.25) is 4.79 Å². The first-order valence-electron chi connectivity index (χ1n) is 13.6. The second-order valence-electron chi connectivity index (χ2n) is 10.9. The topological polar surface area (TPSA) is 111 Å². The number of nitrogens with one attached hydrogen (secondary N) is 1. The summed E-state index contributed by atoms with van der Waals surface area (Å²) in [5, 5.41) is 13.4. The van der Waals surface area contributed by atoms with Crippen LogP contribution in [0.2, 0.25) is 0 Å². The largest absolute Gasteiger partial charge is 0.507 e. The van der Waals surface area contributed by atoms with Gasteiger partial charge in [0.1, 0.15) is 23.5 Å². The molecule has 0 aliphatic carbocycles. The van der Waals surface area contributed by atoms with Gasteiger partial charge in [0.05, 0.1) is 6.04 Å². The van der Waals surface area contributed by atoms with E-state index in [1.54, 1.807) is 45.0 Å². The summed E-state index contributed by atoms with van der Waals surface area (Å²) in [4.78, 5) is 39.0. The molecule has 8 heteroatoms. The lowest BCUT2D eigenvalue weighted by Crippen LogP contribution is -2.46. The highest BCUT2D eigenvalue weighted by molar-refractivity contribution is 6.21. The summed E-state index contributed by atoms with van der Waals surface area (Å²) >= 11 is 0. The molecule has 1 aliphatic rings. The molecular formula is C33H35NO7. The minimum absolute atomic E-state index is 0.0514. The molecule has 0 aromatic heterocycles. The van der Waals surface area contributed by atoms with Crippen LogP contribution in [0.4, 0.5) is 4.79 Å². The number of rotatable bonds is 11. The van der Waals surface area contributed by atoms with Gasteiger partial charge in [-0.05, 0) is 62.4 Å². The van der Waals surface area contributed by atoms with Crippen molar-refractivity contribution < 1.29 is 33.7 Å². The van der Waals surface area contributed by atoms with E-state index in [-0.39, 0.29) is 6.42 Å². The SMILES string of the molecule is CC(C)(C)OC(=O)N[C@@H](Cc1ccc(OCc2ccccc2)cc1)C(=O)C1=C(O)[C@@H](CCc2ccccc2)OC1=O. The van der Waals surface area contributed by atoms with Crippen LogP contribution in [0.25, 0.3) is 0 Å². The van der Waals surface area contributed by atoms with Crippen LogP contribution in [-0.4, -0.2) is 40.7 Å². The lowest BCUT2D eigenvalue weighted by Gasteiger charge is -2.23. The molecule has 1 amide bonds. The van der Waals surface area contributed by atoms with E-state index in [1.165, 1.54) is 0 Å². The van der Waals surface area contributed by atoms with Gasteiger partial charge in [0.2, 0.25) is 0 Å². The molecule has 0 bridgehead atoms. The molecule has 1 aliphatic heterocycles. The van der Waals surface area contributed by atoms with Gasteiger partial charge in [-0.25, -0.2) is 9.59 Å². The number of esters is 1. The first-order valence-corrected chi connectivity index (χ1v) is 13.6. The number of aliphatic hydroxyl groups is 1. The van der Waals surface area contributed by atoms with Gasteiger partial charge in [-0.1, -0.05) is 72.8 Å². The fourth-order valence-electron chi connectivity index (χ4n) is 4.41. The maximum atomic E-state index is 13.6. The van der Waals surface area contributed by atoms with Crippen molar-refractivity contribution in [3.63, 3.8) is 0 Å².